The molecule has 3 nitrogen and oxygen atoms in total. The maximum absolute atomic E-state index is 13.0. The van der Waals surface area contributed by atoms with E-state index in [2.05, 4.69) is 10.2 Å². The fraction of sp³-hybridized carbons (Fsp3) is 0.100. The molecule has 0 aliphatic heterocycles. The van der Waals surface area contributed by atoms with Crippen LogP contribution in [0.2, 0.25) is 0 Å². The highest BCUT2D eigenvalue weighted by Crippen LogP contribution is 2.35. The van der Waals surface area contributed by atoms with Crippen molar-refractivity contribution in [3.05, 3.63) is 35.8 Å². The number of nitrogen functional groups attached to an aromatic ring is 1. The molecule has 17 heavy (non-hydrogen) atoms. The van der Waals surface area contributed by atoms with Crippen LogP contribution in [-0.2, 0) is 6.18 Å². The molecule has 0 fully saturated rings. The van der Waals surface area contributed by atoms with Crippen LogP contribution in [0.5, 0.6) is 0 Å². The molecule has 0 aliphatic rings. The Morgan fingerprint density at radius 3 is 2.47 bits per heavy atom. The van der Waals surface area contributed by atoms with Crippen LogP contribution < -0.4 is 5.73 Å². The number of anilines is 1. The van der Waals surface area contributed by atoms with E-state index in [1.165, 1.54) is 12.3 Å². The molecule has 90 valence electrons. The maximum Gasteiger partial charge on any atom is 0.419 e. The van der Waals surface area contributed by atoms with Crippen molar-refractivity contribution in [2.75, 3.05) is 5.73 Å². The Balaban J connectivity index is 2.56. The molecule has 1 heterocycles. The minimum Gasteiger partial charge on any atom is -0.384 e. The molecule has 0 unspecified atom stereocenters. The summed E-state index contributed by atoms with van der Waals surface area (Å²) >= 11 is 0. The van der Waals surface area contributed by atoms with Gasteiger partial charge >= 0.3 is 6.18 Å². The Morgan fingerprint density at radius 1 is 1.24 bits per heavy atom. The van der Waals surface area contributed by atoms with Crippen molar-refractivity contribution in [2.45, 2.75) is 6.18 Å². The lowest BCUT2D eigenvalue weighted by atomic mass is 10.0. The smallest absolute Gasteiger partial charge is 0.384 e. The topological polar surface area (TPSA) is 54.7 Å². The molecule has 2 rings (SSSR count). The van der Waals surface area contributed by atoms with E-state index in [9.17, 15) is 17.6 Å². The van der Waals surface area contributed by atoms with E-state index in [1.54, 1.807) is 0 Å². The molecule has 7 heteroatoms. The van der Waals surface area contributed by atoms with E-state index in [0.717, 1.165) is 6.07 Å². The number of aromatic nitrogens is 2. The summed E-state index contributed by atoms with van der Waals surface area (Å²) in [7, 11) is 0. The van der Waals surface area contributed by atoms with Crippen LogP contribution >= 0.6 is 0 Å². The zero-order valence-corrected chi connectivity index (χ0v) is 8.35. The number of H-pyrrole nitrogens is 1. The fourth-order valence-corrected chi connectivity index (χ4v) is 1.44. The normalized spacial score (nSPS) is 11.8. The lowest BCUT2D eigenvalue weighted by Crippen LogP contribution is -2.08. The van der Waals surface area contributed by atoms with Crippen LogP contribution in [0.25, 0.3) is 11.1 Å². The predicted molar refractivity (Wildman–Crippen MR) is 53.4 cm³/mol. The highest BCUT2D eigenvalue weighted by molar-refractivity contribution is 5.73. The van der Waals surface area contributed by atoms with Gasteiger partial charge in [0.1, 0.15) is 11.6 Å². The minimum absolute atomic E-state index is 0.129. The number of hydrogen-bond donors (Lipinski definition) is 2. The zero-order chi connectivity index (χ0) is 12.6. The molecule has 1 aromatic heterocycles. The van der Waals surface area contributed by atoms with Crippen LogP contribution in [0.15, 0.2) is 24.4 Å². The van der Waals surface area contributed by atoms with Gasteiger partial charge in [-0.05, 0) is 17.7 Å². The first-order chi connectivity index (χ1) is 7.89. The van der Waals surface area contributed by atoms with Gasteiger partial charge < -0.3 is 5.73 Å². The Hall–Kier alpha value is -2.05. The van der Waals surface area contributed by atoms with Gasteiger partial charge in [0, 0.05) is 5.56 Å². The average Bonchev–Trinajstić information content (AvgIpc) is 2.63. The quantitative estimate of drug-likeness (QED) is 0.759. The van der Waals surface area contributed by atoms with Crippen LogP contribution in [0.3, 0.4) is 0 Å². The fourth-order valence-electron chi connectivity index (χ4n) is 1.44. The summed E-state index contributed by atoms with van der Waals surface area (Å²) in [6.07, 6.45) is -3.46. The number of hydrogen-bond acceptors (Lipinski definition) is 2. The van der Waals surface area contributed by atoms with Crippen molar-refractivity contribution in [2.24, 2.45) is 0 Å². The minimum atomic E-state index is -4.74. The van der Waals surface area contributed by atoms with Crippen molar-refractivity contribution in [3.63, 3.8) is 0 Å². The molecule has 0 saturated carbocycles. The SMILES string of the molecule is Nc1[nH]ncc1-c1ccc(F)c(C(F)(F)F)c1. The number of benzene rings is 1. The summed E-state index contributed by atoms with van der Waals surface area (Å²) in [6.45, 7) is 0. The number of rotatable bonds is 1. The number of nitrogens with zero attached hydrogens (tertiary/aromatic N) is 1. The Bertz CT molecular complexity index is 545. The monoisotopic (exact) mass is 245 g/mol. The highest BCUT2D eigenvalue weighted by Gasteiger charge is 2.34. The molecular formula is C10H7F4N3. The predicted octanol–water partition coefficient (Wildman–Crippen LogP) is 2.82. The van der Waals surface area contributed by atoms with Crippen molar-refractivity contribution < 1.29 is 17.6 Å². The van der Waals surface area contributed by atoms with Gasteiger partial charge in [0.25, 0.3) is 0 Å². The molecule has 0 atom stereocenters. The number of alkyl halides is 3. The van der Waals surface area contributed by atoms with Crippen molar-refractivity contribution in [1.29, 1.82) is 0 Å². The van der Waals surface area contributed by atoms with Gasteiger partial charge in [0.15, 0.2) is 0 Å². The van der Waals surface area contributed by atoms with Crippen molar-refractivity contribution >= 4 is 5.82 Å². The lowest BCUT2D eigenvalue weighted by molar-refractivity contribution is -0.139. The Kier molecular flexibility index (Phi) is 2.53. The maximum atomic E-state index is 13.0. The second-order valence-electron chi connectivity index (χ2n) is 3.39. The van der Waals surface area contributed by atoms with Crippen LogP contribution in [0, 0.1) is 5.82 Å². The Labute approximate surface area is 93.3 Å². The van der Waals surface area contributed by atoms with Gasteiger partial charge in [0.05, 0.1) is 11.8 Å². The molecule has 0 saturated heterocycles. The number of aromatic amines is 1. The first-order valence-electron chi connectivity index (χ1n) is 4.55. The average molecular weight is 245 g/mol. The molecule has 1 aromatic carbocycles. The third kappa shape index (κ3) is 2.08. The summed E-state index contributed by atoms with van der Waals surface area (Å²) < 4.78 is 50.5. The first-order valence-corrected chi connectivity index (χ1v) is 4.55. The van der Waals surface area contributed by atoms with Crippen LogP contribution in [0.1, 0.15) is 5.56 Å². The summed E-state index contributed by atoms with van der Waals surface area (Å²) in [6, 6.07) is 2.67. The molecule has 3 N–H and O–H groups in total. The summed E-state index contributed by atoms with van der Waals surface area (Å²) in [4.78, 5) is 0. The molecule has 0 radical (unpaired) electrons. The molecular weight excluding hydrogens is 238 g/mol. The second kappa shape index (κ2) is 3.76. The van der Waals surface area contributed by atoms with E-state index in [1.807, 2.05) is 0 Å². The van der Waals surface area contributed by atoms with E-state index in [-0.39, 0.29) is 11.4 Å². The lowest BCUT2D eigenvalue weighted by Gasteiger charge is -2.09. The molecule has 0 amide bonds. The molecule has 0 aliphatic carbocycles. The highest BCUT2D eigenvalue weighted by atomic mass is 19.4. The molecule has 2 aromatic rings. The van der Waals surface area contributed by atoms with Crippen molar-refractivity contribution in [3.8, 4) is 11.1 Å². The second-order valence-corrected chi connectivity index (χ2v) is 3.39. The van der Waals surface area contributed by atoms with Crippen LogP contribution in [0.4, 0.5) is 23.4 Å². The third-order valence-electron chi connectivity index (χ3n) is 2.25. The van der Waals surface area contributed by atoms with Crippen molar-refractivity contribution in [1.82, 2.24) is 10.2 Å². The third-order valence-corrected chi connectivity index (χ3v) is 2.25. The first kappa shape index (κ1) is 11.4. The van der Waals surface area contributed by atoms with Gasteiger partial charge in [-0.2, -0.15) is 18.3 Å². The van der Waals surface area contributed by atoms with E-state index >= 15 is 0 Å². The van der Waals surface area contributed by atoms with Gasteiger partial charge in [-0.3, -0.25) is 5.10 Å². The van der Waals surface area contributed by atoms with E-state index in [4.69, 9.17) is 5.73 Å². The van der Waals surface area contributed by atoms with Gasteiger partial charge in [0.2, 0.25) is 0 Å². The summed E-state index contributed by atoms with van der Waals surface area (Å²) in [5, 5.41) is 5.98. The summed E-state index contributed by atoms with van der Waals surface area (Å²) in [5.74, 6) is -1.19. The number of nitrogens with two attached hydrogens (primary N) is 1. The number of nitrogens with one attached hydrogen (secondary N) is 1. The molecule has 0 bridgehead atoms. The standard InChI is InChI=1S/C10H7F4N3/c11-8-2-1-5(3-7(8)10(12,13)14)6-4-16-17-9(6)15/h1-4H,(H3,15,16,17). The van der Waals surface area contributed by atoms with E-state index < -0.39 is 17.6 Å². The van der Waals surface area contributed by atoms with Gasteiger partial charge in [-0.15, -0.1) is 0 Å². The molecule has 0 spiro atoms. The van der Waals surface area contributed by atoms with Gasteiger partial charge in [-0.1, -0.05) is 6.07 Å². The van der Waals surface area contributed by atoms with Gasteiger partial charge in [-0.25, -0.2) is 4.39 Å². The largest absolute Gasteiger partial charge is 0.419 e. The number of halogens is 4. The zero-order valence-electron chi connectivity index (χ0n) is 8.35. The van der Waals surface area contributed by atoms with E-state index in [0.29, 0.717) is 11.6 Å². The van der Waals surface area contributed by atoms with Crippen LogP contribution in [-0.4, -0.2) is 10.2 Å². The summed E-state index contributed by atoms with van der Waals surface area (Å²) in [5.41, 5.74) is 4.61. The Morgan fingerprint density at radius 2 is 1.94 bits per heavy atom.